The molecule has 100 valence electrons. The number of halogens is 5. The molecule has 3 nitrogen and oxygen atoms in total. The summed E-state index contributed by atoms with van der Waals surface area (Å²) < 4.78 is 67.1. The normalized spacial score (nSPS) is 21.7. The summed E-state index contributed by atoms with van der Waals surface area (Å²) in [5.41, 5.74) is 3.87. The number of alkyl halides is 5. The molecule has 0 spiro atoms. The molecule has 1 aromatic rings. The molecule has 1 atom stereocenters. The van der Waals surface area contributed by atoms with E-state index >= 15 is 0 Å². The number of aromatic nitrogens is 1. The van der Waals surface area contributed by atoms with Gasteiger partial charge >= 0.3 is 6.18 Å². The lowest BCUT2D eigenvalue weighted by molar-refractivity contribution is -0.141. The number of rotatable bonds is 3. The Labute approximate surface area is 98.8 Å². The van der Waals surface area contributed by atoms with Gasteiger partial charge in [0.05, 0.1) is 12.5 Å². The van der Waals surface area contributed by atoms with E-state index in [0.717, 1.165) is 6.07 Å². The maximum atomic E-state index is 12.5. The quantitative estimate of drug-likeness (QED) is 0.857. The van der Waals surface area contributed by atoms with E-state index in [-0.39, 0.29) is 18.7 Å². The maximum Gasteiger partial charge on any atom is 0.433 e. The highest BCUT2D eigenvalue weighted by Gasteiger charge is 2.57. The zero-order chi connectivity index (χ0) is 13.6. The van der Waals surface area contributed by atoms with Crippen molar-refractivity contribution in [2.45, 2.75) is 18.5 Å². The molecule has 0 bridgehead atoms. The number of anilines is 1. The first kappa shape index (κ1) is 12.8. The number of ether oxygens (including phenoxy) is 1. The first-order chi connectivity index (χ1) is 8.18. The first-order valence-corrected chi connectivity index (χ1v) is 5.04. The van der Waals surface area contributed by atoms with Gasteiger partial charge in [0.1, 0.15) is 0 Å². The Balaban J connectivity index is 2.07. The van der Waals surface area contributed by atoms with Crippen LogP contribution in [0, 0.1) is 5.92 Å². The second-order valence-corrected chi connectivity index (χ2v) is 4.09. The number of nitrogens with zero attached hydrogens (tertiary/aromatic N) is 1. The van der Waals surface area contributed by atoms with Crippen molar-refractivity contribution >= 4 is 5.69 Å². The third-order valence-corrected chi connectivity index (χ3v) is 2.50. The topological polar surface area (TPSA) is 48.1 Å². The molecular weight excluding hydrogens is 259 g/mol. The van der Waals surface area contributed by atoms with Crippen LogP contribution in [0.3, 0.4) is 0 Å². The minimum absolute atomic E-state index is 0.185. The molecule has 0 aromatic carbocycles. The van der Waals surface area contributed by atoms with Crippen molar-refractivity contribution in [1.29, 1.82) is 0 Å². The largest absolute Gasteiger partial charge is 0.477 e. The fourth-order valence-electron chi connectivity index (χ4n) is 1.38. The van der Waals surface area contributed by atoms with Crippen LogP contribution in [0.4, 0.5) is 27.6 Å². The van der Waals surface area contributed by atoms with E-state index in [1.807, 2.05) is 0 Å². The fraction of sp³-hybridized carbons (Fsp3) is 0.500. The van der Waals surface area contributed by atoms with E-state index in [1.165, 1.54) is 0 Å². The van der Waals surface area contributed by atoms with Crippen molar-refractivity contribution < 1.29 is 26.7 Å². The van der Waals surface area contributed by atoms with E-state index in [4.69, 9.17) is 10.5 Å². The Morgan fingerprint density at radius 1 is 1.39 bits per heavy atom. The molecule has 0 aliphatic heterocycles. The van der Waals surface area contributed by atoms with Crippen LogP contribution in [0.25, 0.3) is 0 Å². The third kappa shape index (κ3) is 2.80. The van der Waals surface area contributed by atoms with Gasteiger partial charge in [-0.15, -0.1) is 0 Å². The van der Waals surface area contributed by atoms with Gasteiger partial charge in [-0.2, -0.15) is 13.2 Å². The van der Waals surface area contributed by atoms with Gasteiger partial charge in [0.15, 0.2) is 5.69 Å². The summed E-state index contributed by atoms with van der Waals surface area (Å²) in [7, 11) is 0. The highest BCUT2D eigenvalue weighted by Crippen LogP contribution is 2.48. The Hall–Kier alpha value is -1.60. The lowest BCUT2D eigenvalue weighted by Crippen LogP contribution is -2.12. The van der Waals surface area contributed by atoms with Crippen molar-refractivity contribution in [3.05, 3.63) is 17.8 Å². The number of hydrogen-bond donors (Lipinski definition) is 1. The number of pyridine rings is 1. The van der Waals surface area contributed by atoms with Gasteiger partial charge in [0.2, 0.25) is 5.88 Å². The lowest BCUT2D eigenvalue weighted by atomic mass is 10.3. The van der Waals surface area contributed by atoms with Gasteiger partial charge in [0.25, 0.3) is 5.92 Å². The van der Waals surface area contributed by atoms with Crippen LogP contribution in [0.15, 0.2) is 12.1 Å². The summed E-state index contributed by atoms with van der Waals surface area (Å²) in [6, 6.07) is 1.72. The summed E-state index contributed by atoms with van der Waals surface area (Å²) in [4.78, 5) is 3.18. The molecule has 1 aliphatic rings. The summed E-state index contributed by atoms with van der Waals surface area (Å²) >= 11 is 0. The van der Waals surface area contributed by atoms with Crippen LogP contribution < -0.4 is 10.5 Å². The van der Waals surface area contributed by atoms with Crippen molar-refractivity contribution in [3.63, 3.8) is 0 Å². The Bertz CT molecular complexity index is 460. The predicted octanol–water partition coefficient (Wildman–Crippen LogP) is 2.72. The highest BCUT2D eigenvalue weighted by molar-refractivity contribution is 5.43. The van der Waals surface area contributed by atoms with Crippen molar-refractivity contribution in [2.75, 3.05) is 12.3 Å². The van der Waals surface area contributed by atoms with Gasteiger partial charge in [-0.1, -0.05) is 0 Å². The predicted molar refractivity (Wildman–Crippen MR) is 52.2 cm³/mol. The van der Waals surface area contributed by atoms with Gasteiger partial charge in [0, 0.05) is 18.2 Å². The Kier molecular flexibility index (Phi) is 2.83. The molecule has 1 unspecified atom stereocenters. The zero-order valence-corrected chi connectivity index (χ0v) is 8.97. The highest BCUT2D eigenvalue weighted by atomic mass is 19.4. The fourth-order valence-corrected chi connectivity index (χ4v) is 1.38. The summed E-state index contributed by atoms with van der Waals surface area (Å²) in [6.07, 6.45) is -4.97. The van der Waals surface area contributed by atoms with Crippen LogP contribution in [-0.2, 0) is 6.18 Å². The van der Waals surface area contributed by atoms with Crippen LogP contribution in [0.2, 0.25) is 0 Å². The second-order valence-electron chi connectivity index (χ2n) is 4.09. The minimum Gasteiger partial charge on any atom is -0.477 e. The minimum atomic E-state index is -4.66. The summed E-state index contributed by atoms with van der Waals surface area (Å²) in [5, 5.41) is 0. The molecule has 2 N–H and O–H groups in total. The first-order valence-electron chi connectivity index (χ1n) is 5.04. The molecule has 0 radical (unpaired) electrons. The third-order valence-electron chi connectivity index (χ3n) is 2.50. The number of nitrogens with two attached hydrogens (primary N) is 1. The Morgan fingerprint density at radius 2 is 2.00 bits per heavy atom. The van der Waals surface area contributed by atoms with Crippen molar-refractivity contribution in [2.24, 2.45) is 5.92 Å². The zero-order valence-electron chi connectivity index (χ0n) is 8.97. The molecule has 1 fully saturated rings. The number of hydrogen-bond acceptors (Lipinski definition) is 3. The summed E-state index contributed by atoms with van der Waals surface area (Å²) in [6.45, 7) is -0.374. The molecular formula is C10H9F5N2O. The number of nitrogen functional groups attached to an aromatic ring is 1. The average Bonchev–Trinajstić information content (AvgIpc) is 2.81. The van der Waals surface area contributed by atoms with Gasteiger partial charge in [-0.3, -0.25) is 0 Å². The molecule has 0 saturated heterocycles. The Morgan fingerprint density at radius 3 is 2.50 bits per heavy atom. The van der Waals surface area contributed by atoms with E-state index in [2.05, 4.69) is 4.98 Å². The molecule has 2 rings (SSSR count). The van der Waals surface area contributed by atoms with Crippen LogP contribution >= 0.6 is 0 Å². The molecule has 18 heavy (non-hydrogen) atoms. The molecule has 1 saturated carbocycles. The van der Waals surface area contributed by atoms with Crippen LogP contribution in [-0.4, -0.2) is 17.5 Å². The van der Waals surface area contributed by atoms with E-state index in [0.29, 0.717) is 6.07 Å². The van der Waals surface area contributed by atoms with Gasteiger partial charge in [-0.25, -0.2) is 13.8 Å². The monoisotopic (exact) mass is 268 g/mol. The van der Waals surface area contributed by atoms with E-state index in [9.17, 15) is 22.0 Å². The standard InChI is InChI=1S/C10H9F5N2O/c11-9(12)3-5(9)4-18-8-2-6(16)1-7(17-8)10(13,14)15/h1-2,5H,3-4H2,(H2,16,17). The molecule has 0 amide bonds. The molecule has 1 aromatic heterocycles. The second kappa shape index (κ2) is 3.96. The average molecular weight is 268 g/mol. The molecule has 8 heteroatoms. The van der Waals surface area contributed by atoms with Crippen molar-refractivity contribution in [3.8, 4) is 5.88 Å². The maximum absolute atomic E-state index is 12.5. The van der Waals surface area contributed by atoms with Gasteiger partial charge in [-0.05, 0) is 6.07 Å². The molecule has 1 heterocycles. The molecule has 1 aliphatic carbocycles. The summed E-state index contributed by atoms with van der Waals surface area (Å²) in [5.74, 6) is -4.15. The lowest BCUT2D eigenvalue weighted by Gasteiger charge is -2.10. The van der Waals surface area contributed by atoms with Gasteiger partial charge < -0.3 is 10.5 Å². The van der Waals surface area contributed by atoms with Crippen LogP contribution in [0.1, 0.15) is 12.1 Å². The smallest absolute Gasteiger partial charge is 0.433 e. The van der Waals surface area contributed by atoms with Crippen LogP contribution in [0.5, 0.6) is 5.88 Å². The van der Waals surface area contributed by atoms with E-state index < -0.39 is 29.6 Å². The SMILES string of the molecule is Nc1cc(OCC2CC2(F)F)nc(C(F)(F)F)c1. The van der Waals surface area contributed by atoms with E-state index in [1.54, 1.807) is 0 Å². The van der Waals surface area contributed by atoms with Crippen molar-refractivity contribution in [1.82, 2.24) is 4.98 Å².